The average molecular weight is 349 g/mol. The standard InChI is InChI=1S/C17H19NO5S/c1-3-18(14-7-5-4-6-8-14)24(21,22)15-9-10-16(23-2)13(11-15)12-17(19)20/h4-11H,3,12H2,1-2H3,(H,19,20). The van der Waals surface area contributed by atoms with Crippen molar-refractivity contribution in [2.75, 3.05) is 18.0 Å². The van der Waals surface area contributed by atoms with Gasteiger partial charge in [0.25, 0.3) is 10.0 Å². The Kier molecular flexibility index (Phi) is 5.46. The summed E-state index contributed by atoms with van der Waals surface area (Å²) in [6, 6.07) is 13.0. The highest BCUT2D eigenvalue weighted by molar-refractivity contribution is 7.92. The summed E-state index contributed by atoms with van der Waals surface area (Å²) in [6.45, 7) is 2.00. The molecule has 1 N–H and O–H groups in total. The van der Waals surface area contributed by atoms with E-state index >= 15 is 0 Å². The van der Waals surface area contributed by atoms with Crippen molar-refractivity contribution in [2.24, 2.45) is 0 Å². The van der Waals surface area contributed by atoms with Crippen molar-refractivity contribution in [3.63, 3.8) is 0 Å². The lowest BCUT2D eigenvalue weighted by molar-refractivity contribution is -0.136. The summed E-state index contributed by atoms with van der Waals surface area (Å²) in [5, 5.41) is 9.00. The van der Waals surface area contributed by atoms with Crippen molar-refractivity contribution in [3.05, 3.63) is 54.1 Å². The van der Waals surface area contributed by atoms with Crippen LogP contribution in [0.1, 0.15) is 12.5 Å². The highest BCUT2D eigenvalue weighted by Crippen LogP contribution is 2.27. The van der Waals surface area contributed by atoms with Crippen LogP contribution in [-0.2, 0) is 21.2 Å². The van der Waals surface area contributed by atoms with E-state index in [1.807, 2.05) is 6.07 Å². The Hall–Kier alpha value is -2.54. The van der Waals surface area contributed by atoms with Crippen LogP contribution in [-0.4, -0.2) is 33.1 Å². The van der Waals surface area contributed by atoms with Gasteiger partial charge in [-0.2, -0.15) is 0 Å². The van der Waals surface area contributed by atoms with Gasteiger partial charge >= 0.3 is 5.97 Å². The summed E-state index contributed by atoms with van der Waals surface area (Å²) in [5.74, 6) is -0.711. The number of methoxy groups -OCH3 is 1. The number of benzene rings is 2. The molecule has 2 aromatic rings. The van der Waals surface area contributed by atoms with Crippen LogP contribution < -0.4 is 9.04 Å². The SMILES string of the molecule is CCN(c1ccccc1)S(=O)(=O)c1ccc(OC)c(CC(=O)O)c1. The van der Waals surface area contributed by atoms with Gasteiger partial charge in [-0.15, -0.1) is 0 Å². The first-order valence-electron chi connectivity index (χ1n) is 7.36. The summed E-state index contributed by atoms with van der Waals surface area (Å²) in [7, 11) is -2.39. The van der Waals surface area contributed by atoms with Gasteiger partial charge in [-0.25, -0.2) is 8.42 Å². The Labute approximate surface area is 141 Å². The first-order valence-corrected chi connectivity index (χ1v) is 8.80. The predicted molar refractivity (Wildman–Crippen MR) is 91.0 cm³/mol. The molecule has 0 unspecified atom stereocenters. The van der Waals surface area contributed by atoms with Crippen LogP contribution in [0.2, 0.25) is 0 Å². The molecule has 0 atom stereocenters. The van der Waals surface area contributed by atoms with Gasteiger partial charge in [-0.1, -0.05) is 18.2 Å². The fourth-order valence-corrected chi connectivity index (χ4v) is 3.95. The first-order chi connectivity index (χ1) is 11.4. The molecule has 0 aliphatic heterocycles. The van der Waals surface area contributed by atoms with Crippen LogP contribution in [0.5, 0.6) is 5.75 Å². The summed E-state index contributed by atoms with van der Waals surface area (Å²) in [5.41, 5.74) is 0.866. The predicted octanol–water partition coefficient (Wildman–Crippen LogP) is 2.54. The normalized spacial score (nSPS) is 11.1. The topological polar surface area (TPSA) is 83.9 Å². The number of carboxylic acids is 1. The van der Waals surface area contributed by atoms with Crippen molar-refractivity contribution >= 4 is 21.7 Å². The zero-order valence-electron chi connectivity index (χ0n) is 13.5. The summed E-state index contributed by atoms with van der Waals surface area (Å²) in [6.07, 6.45) is -0.315. The minimum Gasteiger partial charge on any atom is -0.496 e. The highest BCUT2D eigenvalue weighted by atomic mass is 32.2. The van der Waals surface area contributed by atoms with Gasteiger partial charge in [-0.05, 0) is 37.3 Å². The second kappa shape index (κ2) is 7.35. The largest absolute Gasteiger partial charge is 0.496 e. The Balaban J connectivity index is 2.50. The van der Waals surface area contributed by atoms with Gasteiger partial charge in [0.2, 0.25) is 0 Å². The monoisotopic (exact) mass is 349 g/mol. The number of sulfonamides is 1. The fourth-order valence-electron chi connectivity index (χ4n) is 2.43. The van der Waals surface area contributed by atoms with E-state index in [0.29, 0.717) is 17.0 Å². The zero-order chi connectivity index (χ0) is 17.7. The number of anilines is 1. The summed E-state index contributed by atoms with van der Waals surface area (Å²) in [4.78, 5) is 11.0. The van der Waals surface area contributed by atoms with Crippen molar-refractivity contribution in [2.45, 2.75) is 18.2 Å². The van der Waals surface area contributed by atoms with E-state index in [-0.39, 0.29) is 17.9 Å². The van der Waals surface area contributed by atoms with Gasteiger partial charge in [-0.3, -0.25) is 9.10 Å². The molecule has 0 saturated carbocycles. The highest BCUT2D eigenvalue weighted by Gasteiger charge is 2.25. The minimum atomic E-state index is -3.80. The number of ether oxygens (including phenoxy) is 1. The van der Waals surface area contributed by atoms with Crippen molar-refractivity contribution in [1.29, 1.82) is 0 Å². The van der Waals surface area contributed by atoms with E-state index in [1.54, 1.807) is 31.2 Å². The molecule has 2 rings (SSSR count). The van der Waals surface area contributed by atoms with Gasteiger partial charge in [0.15, 0.2) is 0 Å². The zero-order valence-corrected chi connectivity index (χ0v) is 14.3. The molecular formula is C17H19NO5S. The molecule has 0 fully saturated rings. The van der Waals surface area contributed by atoms with Crippen molar-refractivity contribution in [3.8, 4) is 5.75 Å². The van der Waals surface area contributed by atoms with E-state index in [9.17, 15) is 13.2 Å². The third kappa shape index (κ3) is 3.68. The number of aliphatic carboxylic acids is 1. The second-order valence-electron chi connectivity index (χ2n) is 5.05. The van der Waals surface area contributed by atoms with E-state index in [0.717, 1.165) is 0 Å². The minimum absolute atomic E-state index is 0.0326. The van der Waals surface area contributed by atoms with Crippen LogP contribution in [0.25, 0.3) is 0 Å². The lowest BCUT2D eigenvalue weighted by atomic mass is 10.1. The molecule has 2 aromatic carbocycles. The number of para-hydroxylation sites is 1. The van der Waals surface area contributed by atoms with Crippen molar-refractivity contribution < 1.29 is 23.1 Å². The maximum Gasteiger partial charge on any atom is 0.307 e. The molecule has 0 spiro atoms. The lowest BCUT2D eigenvalue weighted by Gasteiger charge is -2.23. The molecule has 24 heavy (non-hydrogen) atoms. The van der Waals surface area contributed by atoms with Gasteiger partial charge in [0, 0.05) is 12.1 Å². The van der Waals surface area contributed by atoms with Crippen LogP contribution in [0, 0.1) is 0 Å². The third-order valence-electron chi connectivity index (χ3n) is 3.51. The number of carbonyl (C=O) groups is 1. The Bertz CT molecular complexity index is 818. The van der Waals surface area contributed by atoms with Crippen LogP contribution in [0.15, 0.2) is 53.4 Å². The van der Waals surface area contributed by atoms with Gasteiger partial charge in [0.05, 0.1) is 24.1 Å². The number of rotatable bonds is 7. The van der Waals surface area contributed by atoms with E-state index in [1.165, 1.54) is 29.6 Å². The van der Waals surface area contributed by atoms with Crippen LogP contribution in [0.4, 0.5) is 5.69 Å². The molecule has 0 saturated heterocycles. The number of hydrogen-bond acceptors (Lipinski definition) is 4. The molecule has 0 amide bonds. The molecule has 0 aliphatic carbocycles. The van der Waals surface area contributed by atoms with Crippen LogP contribution >= 0.6 is 0 Å². The number of hydrogen-bond donors (Lipinski definition) is 1. The molecule has 0 radical (unpaired) electrons. The molecule has 0 heterocycles. The van der Waals surface area contributed by atoms with E-state index < -0.39 is 16.0 Å². The van der Waals surface area contributed by atoms with Gasteiger partial charge < -0.3 is 9.84 Å². The molecule has 0 bridgehead atoms. The Morgan fingerprint density at radius 1 is 1.17 bits per heavy atom. The maximum atomic E-state index is 12.9. The molecule has 6 nitrogen and oxygen atoms in total. The van der Waals surface area contributed by atoms with E-state index in [2.05, 4.69) is 0 Å². The Morgan fingerprint density at radius 3 is 2.38 bits per heavy atom. The average Bonchev–Trinajstić information content (AvgIpc) is 2.55. The fraction of sp³-hybridized carbons (Fsp3) is 0.235. The van der Waals surface area contributed by atoms with Gasteiger partial charge in [0.1, 0.15) is 5.75 Å². The maximum absolute atomic E-state index is 12.9. The quantitative estimate of drug-likeness (QED) is 0.830. The van der Waals surface area contributed by atoms with Crippen molar-refractivity contribution in [1.82, 2.24) is 0 Å². The lowest BCUT2D eigenvalue weighted by Crippen LogP contribution is -2.30. The number of carboxylic acid groups (broad SMARTS) is 1. The third-order valence-corrected chi connectivity index (χ3v) is 5.41. The summed E-state index contributed by atoms with van der Waals surface area (Å²) < 4.78 is 32.3. The molecule has 0 aromatic heterocycles. The molecular weight excluding hydrogens is 330 g/mol. The van der Waals surface area contributed by atoms with E-state index in [4.69, 9.17) is 9.84 Å². The first kappa shape index (κ1) is 17.8. The Morgan fingerprint density at radius 2 is 1.83 bits per heavy atom. The molecule has 7 heteroatoms. The second-order valence-corrected chi connectivity index (χ2v) is 6.91. The number of nitrogens with zero attached hydrogens (tertiary/aromatic N) is 1. The molecule has 0 aliphatic rings. The smallest absolute Gasteiger partial charge is 0.307 e. The van der Waals surface area contributed by atoms with Crippen LogP contribution in [0.3, 0.4) is 0 Å². The summed E-state index contributed by atoms with van der Waals surface area (Å²) >= 11 is 0. The molecule has 128 valence electrons.